The molecule has 2 fully saturated rings. The third kappa shape index (κ3) is 2.32. The lowest BCUT2D eigenvalue weighted by atomic mass is 9.85. The number of carboxylic acids is 1. The third-order valence-corrected chi connectivity index (χ3v) is 3.74. The molecule has 0 aromatic heterocycles. The normalized spacial score (nSPS) is 27.3. The number of carboxylic acid groups (broad SMARTS) is 1. The highest BCUT2D eigenvalue weighted by molar-refractivity contribution is 5.70. The van der Waals surface area contributed by atoms with Gasteiger partial charge in [-0.15, -0.1) is 0 Å². The second-order valence-electron chi connectivity index (χ2n) is 4.68. The fourth-order valence-electron chi connectivity index (χ4n) is 2.42. The molecule has 2 aliphatic rings. The van der Waals surface area contributed by atoms with Crippen LogP contribution < -0.4 is 0 Å². The molecule has 0 radical (unpaired) electrons. The van der Waals surface area contributed by atoms with Gasteiger partial charge in [0.1, 0.15) is 0 Å². The molecule has 15 heavy (non-hydrogen) atoms. The molecule has 0 saturated carbocycles. The van der Waals surface area contributed by atoms with Crippen molar-refractivity contribution in [2.45, 2.75) is 25.8 Å². The predicted molar refractivity (Wildman–Crippen MR) is 55.7 cm³/mol. The zero-order valence-electron chi connectivity index (χ0n) is 9.19. The van der Waals surface area contributed by atoms with Crippen LogP contribution in [0.3, 0.4) is 0 Å². The fraction of sp³-hybridized carbons (Fsp3) is 0.909. The number of ether oxygens (including phenoxy) is 1. The molecule has 1 N–H and O–H groups in total. The van der Waals surface area contributed by atoms with Gasteiger partial charge < -0.3 is 9.84 Å². The summed E-state index contributed by atoms with van der Waals surface area (Å²) in [7, 11) is 0. The highest BCUT2D eigenvalue weighted by atomic mass is 16.5. The first-order chi connectivity index (χ1) is 7.18. The SMILES string of the molecule is CC(C(=O)O)C1CN(C2CCOCC2)C1. The molecule has 2 heterocycles. The first kappa shape index (κ1) is 10.9. The van der Waals surface area contributed by atoms with E-state index in [1.54, 1.807) is 0 Å². The Morgan fingerprint density at radius 3 is 2.53 bits per heavy atom. The summed E-state index contributed by atoms with van der Waals surface area (Å²) in [5.41, 5.74) is 0. The Bertz CT molecular complexity index is 232. The number of hydrogen-bond acceptors (Lipinski definition) is 3. The molecule has 0 aromatic carbocycles. The van der Waals surface area contributed by atoms with Crippen LogP contribution in [0.15, 0.2) is 0 Å². The van der Waals surface area contributed by atoms with E-state index < -0.39 is 5.97 Å². The molecule has 2 rings (SSSR count). The third-order valence-electron chi connectivity index (χ3n) is 3.74. The van der Waals surface area contributed by atoms with E-state index in [2.05, 4.69) is 4.90 Å². The van der Waals surface area contributed by atoms with Crippen molar-refractivity contribution in [3.05, 3.63) is 0 Å². The van der Waals surface area contributed by atoms with Gasteiger partial charge in [-0.05, 0) is 18.8 Å². The van der Waals surface area contributed by atoms with Crippen LogP contribution in [0.1, 0.15) is 19.8 Å². The molecule has 2 aliphatic heterocycles. The van der Waals surface area contributed by atoms with Crippen molar-refractivity contribution < 1.29 is 14.6 Å². The monoisotopic (exact) mass is 213 g/mol. The summed E-state index contributed by atoms with van der Waals surface area (Å²) >= 11 is 0. The second-order valence-corrected chi connectivity index (χ2v) is 4.68. The van der Waals surface area contributed by atoms with Crippen molar-refractivity contribution in [2.75, 3.05) is 26.3 Å². The van der Waals surface area contributed by atoms with Crippen LogP contribution in [0, 0.1) is 11.8 Å². The first-order valence-corrected chi connectivity index (χ1v) is 5.73. The van der Waals surface area contributed by atoms with Gasteiger partial charge in [-0.2, -0.15) is 0 Å². The summed E-state index contributed by atoms with van der Waals surface area (Å²) in [6.45, 7) is 5.45. The van der Waals surface area contributed by atoms with Crippen LogP contribution in [-0.2, 0) is 9.53 Å². The minimum absolute atomic E-state index is 0.193. The van der Waals surface area contributed by atoms with Crippen molar-refractivity contribution in [3.63, 3.8) is 0 Å². The van der Waals surface area contributed by atoms with Crippen LogP contribution in [-0.4, -0.2) is 48.3 Å². The number of carbonyl (C=O) groups is 1. The summed E-state index contributed by atoms with van der Waals surface area (Å²) in [5.74, 6) is -0.502. The molecule has 0 aliphatic carbocycles. The van der Waals surface area contributed by atoms with E-state index in [0.717, 1.165) is 39.1 Å². The first-order valence-electron chi connectivity index (χ1n) is 5.73. The molecule has 0 bridgehead atoms. The minimum Gasteiger partial charge on any atom is -0.481 e. The summed E-state index contributed by atoms with van der Waals surface area (Å²) in [4.78, 5) is 13.2. The lowest BCUT2D eigenvalue weighted by Gasteiger charge is -2.47. The Kier molecular flexibility index (Phi) is 3.26. The van der Waals surface area contributed by atoms with Gasteiger partial charge in [0.2, 0.25) is 0 Å². The Morgan fingerprint density at radius 1 is 1.40 bits per heavy atom. The van der Waals surface area contributed by atoms with Gasteiger partial charge in [-0.1, -0.05) is 6.92 Å². The molecule has 2 saturated heterocycles. The predicted octanol–water partition coefficient (Wildman–Crippen LogP) is 0.818. The van der Waals surface area contributed by atoms with Gasteiger partial charge in [0.25, 0.3) is 0 Å². The van der Waals surface area contributed by atoms with Crippen molar-refractivity contribution in [2.24, 2.45) is 11.8 Å². The quantitative estimate of drug-likeness (QED) is 0.754. The summed E-state index contributed by atoms with van der Waals surface area (Å²) in [5, 5.41) is 8.88. The molecule has 0 amide bonds. The molecule has 4 nitrogen and oxygen atoms in total. The molecule has 1 unspecified atom stereocenters. The van der Waals surface area contributed by atoms with E-state index in [-0.39, 0.29) is 5.92 Å². The van der Waals surface area contributed by atoms with Crippen LogP contribution >= 0.6 is 0 Å². The van der Waals surface area contributed by atoms with E-state index in [1.165, 1.54) is 0 Å². The van der Waals surface area contributed by atoms with E-state index in [9.17, 15) is 4.79 Å². The Morgan fingerprint density at radius 2 is 2.00 bits per heavy atom. The smallest absolute Gasteiger partial charge is 0.306 e. The molecule has 86 valence electrons. The largest absolute Gasteiger partial charge is 0.481 e. The maximum Gasteiger partial charge on any atom is 0.306 e. The van der Waals surface area contributed by atoms with E-state index in [4.69, 9.17) is 9.84 Å². The number of hydrogen-bond donors (Lipinski definition) is 1. The zero-order valence-corrected chi connectivity index (χ0v) is 9.19. The summed E-state index contributed by atoms with van der Waals surface area (Å²) in [6.07, 6.45) is 2.21. The Hall–Kier alpha value is -0.610. The fourth-order valence-corrected chi connectivity index (χ4v) is 2.42. The molecule has 0 spiro atoms. The highest BCUT2D eigenvalue weighted by Gasteiger charge is 2.38. The molecular formula is C11H19NO3. The minimum atomic E-state index is -0.661. The van der Waals surface area contributed by atoms with Crippen molar-refractivity contribution in [1.82, 2.24) is 4.90 Å². The van der Waals surface area contributed by atoms with Gasteiger partial charge in [0.05, 0.1) is 5.92 Å². The van der Waals surface area contributed by atoms with Crippen LogP contribution in [0.25, 0.3) is 0 Å². The van der Waals surface area contributed by atoms with Crippen LogP contribution in [0.5, 0.6) is 0 Å². The van der Waals surface area contributed by atoms with E-state index >= 15 is 0 Å². The zero-order chi connectivity index (χ0) is 10.8. The van der Waals surface area contributed by atoms with Gasteiger partial charge in [0, 0.05) is 32.3 Å². The topological polar surface area (TPSA) is 49.8 Å². The standard InChI is InChI=1S/C11H19NO3/c1-8(11(13)14)9-6-12(7-9)10-2-4-15-5-3-10/h8-10H,2-7H2,1H3,(H,13,14). The van der Waals surface area contributed by atoms with Crippen molar-refractivity contribution in [1.29, 1.82) is 0 Å². The van der Waals surface area contributed by atoms with Gasteiger partial charge in [0.15, 0.2) is 0 Å². The summed E-state index contributed by atoms with van der Waals surface area (Å²) < 4.78 is 5.31. The van der Waals surface area contributed by atoms with Gasteiger partial charge in [-0.25, -0.2) is 0 Å². The molecule has 4 heteroatoms. The van der Waals surface area contributed by atoms with Crippen LogP contribution in [0.4, 0.5) is 0 Å². The molecule has 0 aromatic rings. The lowest BCUT2D eigenvalue weighted by molar-refractivity contribution is -0.146. The average molecular weight is 213 g/mol. The second kappa shape index (κ2) is 4.49. The Labute approximate surface area is 90.2 Å². The molecular weight excluding hydrogens is 194 g/mol. The van der Waals surface area contributed by atoms with E-state index in [0.29, 0.717) is 12.0 Å². The van der Waals surface area contributed by atoms with E-state index in [1.807, 2.05) is 6.92 Å². The van der Waals surface area contributed by atoms with Crippen LogP contribution in [0.2, 0.25) is 0 Å². The lowest BCUT2D eigenvalue weighted by Crippen LogP contribution is -2.56. The highest BCUT2D eigenvalue weighted by Crippen LogP contribution is 2.29. The number of likely N-dealkylation sites (tertiary alicyclic amines) is 1. The van der Waals surface area contributed by atoms with Crippen molar-refractivity contribution in [3.8, 4) is 0 Å². The maximum atomic E-state index is 10.8. The van der Waals surface area contributed by atoms with Gasteiger partial charge in [-0.3, -0.25) is 9.69 Å². The molecule has 1 atom stereocenters. The number of rotatable bonds is 3. The number of nitrogens with zero attached hydrogens (tertiary/aromatic N) is 1. The van der Waals surface area contributed by atoms with Crippen molar-refractivity contribution >= 4 is 5.97 Å². The summed E-state index contributed by atoms with van der Waals surface area (Å²) in [6, 6.07) is 0.635. The maximum absolute atomic E-state index is 10.8. The number of aliphatic carboxylic acids is 1. The van der Waals surface area contributed by atoms with Gasteiger partial charge >= 0.3 is 5.97 Å². The average Bonchev–Trinajstić information content (AvgIpc) is 2.17. The Balaban J connectivity index is 1.75.